The number of halogens is 1. The Labute approximate surface area is 177 Å². The topological polar surface area (TPSA) is 58.6 Å². The van der Waals surface area contributed by atoms with Crippen molar-refractivity contribution in [3.05, 3.63) is 64.2 Å². The molecule has 0 aliphatic carbocycles. The fourth-order valence-corrected chi connectivity index (χ4v) is 4.10. The number of amides is 2. The van der Waals surface area contributed by atoms with Crippen LogP contribution >= 0.6 is 11.6 Å². The minimum absolute atomic E-state index is 0.101. The number of methoxy groups -OCH3 is 1. The molecule has 1 fully saturated rings. The first-order valence-corrected chi connectivity index (χ1v) is 10.3. The molecule has 2 aromatic rings. The van der Waals surface area contributed by atoms with Gasteiger partial charge in [-0.05, 0) is 69.0 Å². The van der Waals surface area contributed by atoms with E-state index in [0.29, 0.717) is 28.4 Å². The number of carbonyl (C=O) groups is 2. The van der Waals surface area contributed by atoms with Gasteiger partial charge in [0.05, 0.1) is 17.9 Å². The molecule has 29 heavy (non-hydrogen) atoms. The lowest BCUT2D eigenvalue weighted by Crippen LogP contribution is -2.47. The molecule has 1 N–H and O–H groups in total. The molecule has 0 bridgehead atoms. The van der Waals surface area contributed by atoms with E-state index in [1.807, 2.05) is 17.0 Å². The number of nitrogens with one attached hydrogen (secondary N) is 1. The fourth-order valence-electron chi connectivity index (χ4n) is 3.93. The summed E-state index contributed by atoms with van der Waals surface area (Å²) in [6, 6.07) is 12.5. The summed E-state index contributed by atoms with van der Waals surface area (Å²) in [5.41, 5.74) is 2.29. The zero-order valence-electron chi connectivity index (χ0n) is 17.1. The molecule has 0 saturated carbocycles. The van der Waals surface area contributed by atoms with E-state index >= 15 is 0 Å². The second-order valence-corrected chi connectivity index (χ2v) is 8.06. The number of carbonyl (C=O) groups excluding carboxylic acids is 2. The Balaban J connectivity index is 1.88. The van der Waals surface area contributed by atoms with Gasteiger partial charge in [-0.25, -0.2) is 0 Å². The molecule has 6 heteroatoms. The second kappa shape index (κ2) is 9.42. The van der Waals surface area contributed by atoms with Gasteiger partial charge in [-0.1, -0.05) is 23.7 Å². The number of ether oxygens (including phenoxy) is 1. The minimum atomic E-state index is -0.279. The van der Waals surface area contributed by atoms with Gasteiger partial charge in [-0.2, -0.15) is 0 Å². The summed E-state index contributed by atoms with van der Waals surface area (Å²) in [7, 11) is 1.61. The first kappa shape index (κ1) is 21.3. The molecule has 3 rings (SSSR count). The highest BCUT2D eigenvalue weighted by molar-refractivity contribution is 6.31. The highest BCUT2D eigenvalue weighted by Gasteiger charge is 2.31. The quantitative estimate of drug-likeness (QED) is 0.736. The average molecular weight is 415 g/mol. The molecule has 0 radical (unpaired) electrons. The van der Waals surface area contributed by atoms with Crippen molar-refractivity contribution in [2.75, 3.05) is 12.4 Å². The van der Waals surface area contributed by atoms with Crippen molar-refractivity contribution >= 4 is 29.1 Å². The third-order valence-corrected chi connectivity index (χ3v) is 5.62. The lowest BCUT2D eigenvalue weighted by atomic mass is 9.96. The molecule has 1 saturated heterocycles. The van der Waals surface area contributed by atoms with E-state index in [4.69, 9.17) is 16.3 Å². The van der Waals surface area contributed by atoms with E-state index in [0.717, 1.165) is 24.8 Å². The van der Waals surface area contributed by atoms with Gasteiger partial charge in [0, 0.05) is 29.8 Å². The largest absolute Gasteiger partial charge is 0.380 e. The second-order valence-electron chi connectivity index (χ2n) is 7.62. The lowest BCUT2D eigenvalue weighted by molar-refractivity contribution is 0.0512. The molecule has 2 aromatic carbocycles. The van der Waals surface area contributed by atoms with Gasteiger partial charge in [0.2, 0.25) is 0 Å². The Morgan fingerprint density at radius 2 is 1.86 bits per heavy atom. The molecule has 1 aliphatic heterocycles. The van der Waals surface area contributed by atoms with Crippen LogP contribution in [0.5, 0.6) is 0 Å². The molecular weight excluding hydrogens is 388 g/mol. The summed E-state index contributed by atoms with van der Waals surface area (Å²) in [6.07, 6.45) is 3.07. The van der Waals surface area contributed by atoms with Crippen molar-refractivity contribution in [1.82, 2.24) is 4.90 Å². The normalized spacial score (nSPS) is 19.1. The van der Waals surface area contributed by atoms with Crippen molar-refractivity contribution in [3.63, 3.8) is 0 Å². The SMILES string of the molecule is COCc1cccc(C(=O)Nc2ccc(Cl)cc2C(=O)N2C(C)CCCC2C)c1. The highest BCUT2D eigenvalue weighted by Crippen LogP contribution is 2.29. The van der Waals surface area contributed by atoms with Crippen LogP contribution in [-0.4, -0.2) is 35.9 Å². The van der Waals surface area contributed by atoms with Gasteiger partial charge in [0.1, 0.15) is 0 Å². The third kappa shape index (κ3) is 4.98. The van der Waals surface area contributed by atoms with E-state index in [2.05, 4.69) is 19.2 Å². The standard InChI is InChI=1S/C23H27ClN2O3/c1-15-6-4-7-16(2)26(15)23(28)20-13-19(24)10-11-21(20)25-22(27)18-9-5-8-17(12-18)14-29-3/h5,8-13,15-16H,4,6-7,14H2,1-3H3,(H,25,27). The summed E-state index contributed by atoms with van der Waals surface area (Å²) in [4.78, 5) is 28.1. The van der Waals surface area contributed by atoms with E-state index in [9.17, 15) is 9.59 Å². The van der Waals surface area contributed by atoms with Crippen LogP contribution in [0.2, 0.25) is 5.02 Å². The number of rotatable bonds is 5. The van der Waals surface area contributed by atoms with Crippen LogP contribution in [-0.2, 0) is 11.3 Å². The summed E-state index contributed by atoms with van der Waals surface area (Å²) in [5, 5.41) is 3.35. The molecule has 0 aromatic heterocycles. The van der Waals surface area contributed by atoms with Crippen LogP contribution in [0.15, 0.2) is 42.5 Å². The summed E-state index contributed by atoms with van der Waals surface area (Å²) in [5.74, 6) is -0.380. The van der Waals surface area contributed by atoms with E-state index < -0.39 is 0 Å². The van der Waals surface area contributed by atoms with Crippen molar-refractivity contribution in [3.8, 4) is 0 Å². The maximum Gasteiger partial charge on any atom is 0.256 e. The molecule has 1 aliphatic rings. The summed E-state index contributed by atoms with van der Waals surface area (Å²) in [6.45, 7) is 4.56. The van der Waals surface area contributed by atoms with Crippen LogP contribution in [0.1, 0.15) is 59.4 Å². The van der Waals surface area contributed by atoms with Crippen molar-refractivity contribution in [2.24, 2.45) is 0 Å². The Morgan fingerprint density at radius 3 is 2.55 bits per heavy atom. The Bertz CT molecular complexity index is 889. The van der Waals surface area contributed by atoms with Gasteiger partial charge >= 0.3 is 0 Å². The van der Waals surface area contributed by atoms with Crippen molar-refractivity contribution in [1.29, 1.82) is 0 Å². The fraction of sp³-hybridized carbons (Fsp3) is 0.391. The number of benzene rings is 2. The van der Waals surface area contributed by atoms with Gasteiger partial charge in [-0.3, -0.25) is 9.59 Å². The molecular formula is C23H27ClN2O3. The number of nitrogens with zero attached hydrogens (tertiary/aromatic N) is 1. The minimum Gasteiger partial charge on any atom is -0.380 e. The summed E-state index contributed by atoms with van der Waals surface area (Å²) >= 11 is 6.18. The average Bonchev–Trinajstić information content (AvgIpc) is 2.69. The van der Waals surface area contributed by atoms with Crippen LogP contribution in [0, 0.1) is 0 Å². The number of likely N-dealkylation sites (tertiary alicyclic amines) is 1. The molecule has 5 nitrogen and oxygen atoms in total. The third-order valence-electron chi connectivity index (χ3n) is 5.39. The van der Waals surface area contributed by atoms with Gasteiger partial charge in [-0.15, -0.1) is 0 Å². The van der Waals surface area contributed by atoms with E-state index in [-0.39, 0.29) is 23.9 Å². The predicted molar refractivity (Wildman–Crippen MR) is 116 cm³/mol. The van der Waals surface area contributed by atoms with Gasteiger partial charge in [0.25, 0.3) is 11.8 Å². The zero-order chi connectivity index (χ0) is 21.0. The van der Waals surface area contributed by atoms with Crippen LogP contribution in [0.4, 0.5) is 5.69 Å². The van der Waals surface area contributed by atoms with Crippen LogP contribution < -0.4 is 5.32 Å². The zero-order valence-corrected chi connectivity index (χ0v) is 17.8. The number of anilines is 1. The maximum absolute atomic E-state index is 13.4. The Kier molecular flexibility index (Phi) is 6.93. The van der Waals surface area contributed by atoms with Crippen molar-refractivity contribution in [2.45, 2.75) is 51.8 Å². The predicted octanol–water partition coefficient (Wildman–Crippen LogP) is 5.14. The first-order valence-electron chi connectivity index (χ1n) is 9.92. The molecule has 2 amide bonds. The number of hydrogen-bond donors (Lipinski definition) is 1. The molecule has 2 atom stereocenters. The highest BCUT2D eigenvalue weighted by atomic mass is 35.5. The number of piperidine rings is 1. The van der Waals surface area contributed by atoms with Crippen molar-refractivity contribution < 1.29 is 14.3 Å². The van der Waals surface area contributed by atoms with Gasteiger partial charge in [0.15, 0.2) is 0 Å². The lowest BCUT2D eigenvalue weighted by Gasteiger charge is -2.39. The smallest absolute Gasteiger partial charge is 0.256 e. The molecule has 1 heterocycles. The van der Waals surface area contributed by atoms with Crippen LogP contribution in [0.25, 0.3) is 0 Å². The van der Waals surface area contributed by atoms with E-state index in [1.54, 1.807) is 37.4 Å². The number of hydrogen-bond acceptors (Lipinski definition) is 3. The Morgan fingerprint density at radius 1 is 1.14 bits per heavy atom. The maximum atomic E-state index is 13.4. The van der Waals surface area contributed by atoms with E-state index in [1.165, 1.54) is 0 Å². The van der Waals surface area contributed by atoms with Gasteiger partial charge < -0.3 is 15.0 Å². The first-order chi connectivity index (χ1) is 13.9. The monoisotopic (exact) mass is 414 g/mol. The van der Waals surface area contributed by atoms with Crippen LogP contribution in [0.3, 0.4) is 0 Å². The molecule has 0 spiro atoms. The summed E-state index contributed by atoms with van der Waals surface area (Å²) < 4.78 is 5.14. The molecule has 154 valence electrons. The molecule has 2 unspecified atom stereocenters. The Hall–Kier alpha value is -2.37.